The first-order valence-electron chi connectivity index (χ1n) is 10.3. The van der Waals surface area contributed by atoms with Crippen LogP contribution in [0.25, 0.3) is 0 Å². The third kappa shape index (κ3) is 5.06. The lowest BCUT2D eigenvalue weighted by Crippen LogP contribution is -2.45. The van der Waals surface area contributed by atoms with Crippen molar-refractivity contribution in [3.8, 4) is 11.5 Å². The van der Waals surface area contributed by atoms with Crippen LogP contribution >= 0.6 is 0 Å². The second-order valence-corrected chi connectivity index (χ2v) is 7.46. The summed E-state index contributed by atoms with van der Waals surface area (Å²) in [5.74, 6) is 0.525. The minimum Gasteiger partial charge on any atom is -0.489 e. The Balaban J connectivity index is 1.34. The van der Waals surface area contributed by atoms with Gasteiger partial charge in [0.2, 0.25) is 5.91 Å². The normalized spacial score (nSPS) is 15.0. The molecule has 0 radical (unpaired) electrons. The monoisotopic (exact) mass is 434 g/mol. The van der Waals surface area contributed by atoms with E-state index in [9.17, 15) is 14.0 Å². The number of hydrogen-bond acceptors (Lipinski definition) is 4. The van der Waals surface area contributed by atoms with Crippen LogP contribution in [0.1, 0.15) is 18.9 Å². The zero-order chi connectivity index (χ0) is 22.5. The highest BCUT2D eigenvalue weighted by Gasteiger charge is 2.31. The van der Waals surface area contributed by atoms with E-state index in [2.05, 4.69) is 5.32 Å². The molecule has 0 fully saturated rings. The molecule has 1 N–H and O–H groups in total. The van der Waals surface area contributed by atoms with Gasteiger partial charge in [-0.2, -0.15) is 0 Å². The van der Waals surface area contributed by atoms with Gasteiger partial charge in [-0.05, 0) is 48.9 Å². The van der Waals surface area contributed by atoms with Crippen LogP contribution in [0, 0.1) is 5.82 Å². The lowest BCUT2D eigenvalue weighted by molar-refractivity contribution is -0.125. The number of anilines is 2. The number of fused-ring (bicyclic) bond motifs is 1. The number of halogens is 1. The van der Waals surface area contributed by atoms with Crippen LogP contribution in [-0.2, 0) is 16.2 Å². The summed E-state index contributed by atoms with van der Waals surface area (Å²) in [5, 5.41) is 2.84. The van der Waals surface area contributed by atoms with E-state index < -0.39 is 6.10 Å². The van der Waals surface area contributed by atoms with Gasteiger partial charge in [0.05, 0.1) is 5.69 Å². The van der Waals surface area contributed by atoms with Crippen molar-refractivity contribution in [1.82, 2.24) is 0 Å². The van der Waals surface area contributed by atoms with Gasteiger partial charge in [-0.25, -0.2) is 4.39 Å². The molecular formula is C25H23FN2O4. The number of benzene rings is 3. The maximum atomic E-state index is 13.0. The van der Waals surface area contributed by atoms with Crippen molar-refractivity contribution < 1.29 is 23.5 Å². The molecular weight excluding hydrogens is 411 g/mol. The van der Waals surface area contributed by atoms with Crippen molar-refractivity contribution in [2.24, 2.45) is 0 Å². The quantitative estimate of drug-likeness (QED) is 0.593. The number of amides is 2. The molecule has 6 nitrogen and oxygen atoms in total. The molecule has 3 aromatic rings. The number of hydrogen-bond donors (Lipinski definition) is 1. The Kier molecular flexibility index (Phi) is 6.35. The van der Waals surface area contributed by atoms with Crippen molar-refractivity contribution in [2.45, 2.75) is 26.1 Å². The highest BCUT2D eigenvalue weighted by molar-refractivity contribution is 6.00. The van der Waals surface area contributed by atoms with E-state index in [1.54, 1.807) is 54.3 Å². The molecule has 32 heavy (non-hydrogen) atoms. The largest absolute Gasteiger partial charge is 0.489 e. The highest BCUT2D eigenvalue weighted by atomic mass is 19.1. The number of nitrogens with zero attached hydrogens (tertiary/aromatic N) is 1. The van der Waals surface area contributed by atoms with Gasteiger partial charge < -0.3 is 19.7 Å². The average molecular weight is 434 g/mol. The molecule has 1 unspecified atom stereocenters. The van der Waals surface area contributed by atoms with Crippen molar-refractivity contribution in [1.29, 1.82) is 0 Å². The third-order valence-electron chi connectivity index (χ3n) is 5.07. The van der Waals surface area contributed by atoms with Crippen LogP contribution < -0.4 is 19.7 Å². The fraction of sp³-hybridized carbons (Fsp3) is 0.200. The zero-order valence-electron chi connectivity index (χ0n) is 17.6. The smallest absolute Gasteiger partial charge is 0.267 e. The Morgan fingerprint density at radius 2 is 1.88 bits per heavy atom. The van der Waals surface area contributed by atoms with Gasteiger partial charge in [0.1, 0.15) is 23.9 Å². The molecule has 0 bridgehead atoms. The predicted octanol–water partition coefficient (Wildman–Crippen LogP) is 4.55. The number of nitrogens with one attached hydrogen (secondary N) is 1. The van der Waals surface area contributed by atoms with Crippen LogP contribution in [-0.4, -0.2) is 24.5 Å². The summed E-state index contributed by atoms with van der Waals surface area (Å²) in [4.78, 5) is 26.7. The van der Waals surface area contributed by atoms with Gasteiger partial charge in [0, 0.05) is 24.7 Å². The molecule has 3 aromatic carbocycles. The third-order valence-corrected chi connectivity index (χ3v) is 5.07. The van der Waals surface area contributed by atoms with E-state index in [0.29, 0.717) is 22.9 Å². The summed E-state index contributed by atoms with van der Waals surface area (Å²) in [5.41, 5.74) is 2.10. The molecule has 1 atom stereocenters. The topological polar surface area (TPSA) is 67.9 Å². The average Bonchev–Trinajstić information content (AvgIpc) is 2.79. The molecule has 0 spiro atoms. The number of para-hydroxylation sites is 2. The Bertz CT molecular complexity index is 1120. The van der Waals surface area contributed by atoms with Gasteiger partial charge in [-0.1, -0.05) is 30.3 Å². The minimum atomic E-state index is -0.595. The standard InChI is InChI=1S/C25H23FN2O4/c1-17-25(30)28(22-7-2-3-8-23(22)32-17)14-13-24(29)27-20-5-4-6-21(15-20)31-16-18-9-11-19(26)12-10-18/h2-12,15,17H,13-14,16H2,1H3,(H,27,29). The SMILES string of the molecule is CC1Oc2ccccc2N(CCC(=O)Nc2cccc(OCc3ccc(F)cc3)c2)C1=O. The van der Waals surface area contributed by atoms with Crippen molar-refractivity contribution >= 4 is 23.2 Å². The summed E-state index contributed by atoms with van der Waals surface area (Å²) >= 11 is 0. The van der Waals surface area contributed by atoms with E-state index >= 15 is 0 Å². The van der Waals surface area contributed by atoms with Gasteiger partial charge in [-0.3, -0.25) is 9.59 Å². The maximum absolute atomic E-state index is 13.0. The zero-order valence-corrected chi connectivity index (χ0v) is 17.6. The van der Waals surface area contributed by atoms with E-state index in [-0.39, 0.29) is 37.2 Å². The highest BCUT2D eigenvalue weighted by Crippen LogP contribution is 2.33. The number of carbonyl (C=O) groups is 2. The Labute approximate surface area is 185 Å². The van der Waals surface area contributed by atoms with Crippen LogP contribution in [0.2, 0.25) is 0 Å². The Morgan fingerprint density at radius 3 is 2.69 bits per heavy atom. The lowest BCUT2D eigenvalue weighted by atomic mass is 10.1. The molecule has 0 saturated carbocycles. The molecule has 0 aromatic heterocycles. The molecule has 4 rings (SSSR count). The van der Waals surface area contributed by atoms with Crippen molar-refractivity contribution in [3.63, 3.8) is 0 Å². The van der Waals surface area contributed by atoms with E-state index in [1.165, 1.54) is 12.1 Å². The second-order valence-electron chi connectivity index (χ2n) is 7.46. The molecule has 1 aliphatic heterocycles. The molecule has 0 aliphatic carbocycles. The summed E-state index contributed by atoms with van der Waals surface area (Å²) in [6.07, 6.45) is -0.462. The van der Waals surface area contributed by atoms with Crippen LogP contribution in [0.5, 0.6) is 11.5 Å². The second kappa shape index (κ2) is 9.51. The number of carbonyl (C=O) groups excluding carboxylic acids is 2. The van der Waals surface area contributed by atoms with E-state index in [4.69, 9.17) is 9.47 Å². The van der Waals surface area contributed by atoms with E-state index in [0.717, 1.165) is 5.56 Å². The summed E-state index contributed by atoms with van der Waals surface area (Å²) in [6.45, 7) is 2.23. The van der Waals surface area contributed by atoms with Gasteiger partial charge in [0.25, 0.3) is 5.91 Å². The Morgan fingerprint density at radius 1 is 1.09 bits per heavy atom. The first-order chi connectivity index (χ1) is 15.5. The van der Waals surface area contributed by atoms with Crippen LogP contribution in [0.4, 0.5) is 15.8 Å². The predicted molar refractivity (Wildman–Crippen MR) is 119 cm³/mol. The summed E-state index contributed by atoms with van der Waals surface area (Å²) in [6, 6.07) is 20.4. The lowest BCUT2D eigenvalue weighted by Gasteiger charge is -2.32. The molecule has 2 amide bonds. The van der Waals surface area contributed by atoms with E-state index in [1.807, 2.05) is 18.2 Å². The van der Waals surface area contributed by atoms with Crippen molar-refractivity contribution in [3.05, 3.63) is 84.2 Å². The van der Waals surface area contributed by atoms with Crippen LogP contribution in [0.3, 0.4) is 0 Å². The fourth-order valence-corrected chi connectivity index (χ4v) is 3.44. The fourth-order valence-electron chi connectivity index (χ4n) is 3.44. The summed E-state index contributed by atoms with van der Waals surface area (Å²) < 4.78 is 24.4. The van der Waals surface area contributed by atoms with Gasteiger partial charge in [0.15, 0.2) is 6.10 Å². The molecule has 1 heterocycles. The number of rotatable bonds is 7. The molecule has 1 aliphatic rings. The van der Waals surface area contributed by atoms with Gasteiger partial charge >= 0.3 is 0 Å². The number of ether oxygens (including phenoxy) is 2. The van der Waals surface area contributed by atoms with Crippen LogP contribution in [0.15, 0.2) is 72.8 Å². The molecule has 7 heteroatoms. The van der Waals surface area contributed by atoms with Gasteiger partial charge in [-0.15, -0.1) is 0 Å². The molecule has 0 saturated heterocycles. The minimum absolute atomic E-state index is 0.132. The first kappa shape index (κ1) is 21.4. The maximum Gasteiger partial charge on any atom is 0.267 e. The summed E-state index contributed by atoms with van der Waals surface area (Å²) in [7, 11) is 0. The first-order valence-corrected chi connectivity index (χ1v) is 10.3. The molecule has 164 valence electrons. The Hall–Kier alpha value is -3.87. The van der Waals surface area contributed by atoms with Crippen molar-refractivity contribution in [2.75, 3.05) is 16.8 Å².